The van der Waals surface area contributed by atoms with Gasteiger partial charge in [0, 0.05) is 48.9 Å². The Balaban J connectivity index is 1.68. The largest absolute Gasteiger partial charge is 0.389 e. The van der Waals surface area contributed by atoms with Crippen molar-refractivity contribution < 1.29 is 9.90 Å². The number of hydrogen-bond acceptors (Lipinski definition) is 5. The van der Waals surface area contributed by atoms with E-state index < -0.39 is 5.60 Å². The molecule has 5 nitrogen and oxygen atoms in total. The maximum Gasteiger partial charge on any atom is 0.322 e. The number of hydrogen-bond donors (Lipinski definition) is 2. The molecule has 29 heavy (non-hydrogen) atoms. The van der Waals surface area contributed by atoms with Crippen LogP contribution in [0.4, 0.5) is 10.5 Å². The summed E-state index contributed by atoms with van der Waals surface area (Å²) in [5, 5.41) is 13.4. The third-order valence-corrected chi connectivity index (χ3v) is 8.74. The molecule has 0 aromatic heterocycles. The number of piperazine rings is 1. The van der Waals surface area contributed by atoms with E-state index in [-0.39, 0.29) is 18.1 Å². The summed E-state index contributed by atoms with van der Waals surface area (Å²) in [6.45, 7) is 10.1. The molecule has 162 valence electrons. The Kier molecular flexibility index (Phi) is 7.81. The molecule has 7 heteroatoms. The highest BCUT2D eigenvalue weighted by Gasteiger charge is 2.36. The zero-order valence-corrected chi connectivity index (χ0v) is 19.7. The van der Waals surface area contributed by atoms with E-state index in [1.807, 2.05) is 54.4 Å². The molecule has 0 unspecified atom stereocenters. The Hall–Kier alpha value is -0.890. The molecule has 0 spiro atoms. The number of β-amino-alcohol motifs (C(OH)–C–C–N with tert-alkyl or cyclic N) is 1. The maximum atomic E-state index is 13.2. The van der Waals surface area contributed by atoms with Crippen molar-refractivity contribution in [2.75, 3.05) is 36.5 Å². The van der Waals surface area contributed by atoms with Crippen LogP contribution in [0, 0.1) is 0 Å². The molecular formula is C22H35N3O2S2. The van der Waals surface area contributed by atoms with E-state index in [9.17, 15) is 9.90 Å². The molecule has 2 N–H and O–H groups in total. The number of rotatable bonds is 6. The van der Waals surface area contributed by atoms with Crippen LogP contribution in [-0.2, 0) is 0 Å². The first-order valence-corrected chi connectivity index (χ1v) is 12.8. The Labute approximate surface area is 184 Å². The summed E-state index contributed by atoms with van der Waals surface area (Å²) < 4.78 is 0.477. The number of amides is 2. The molecule has 2 amide bonds. The van der Waals surface area contributed by atoms with Crippen molar-refractivity contribution in [3.63, 3.8) is 0 Å². The standard InChI is InChI=1S/C22H35N3O2S2/c1-5-18-14-25(19(6-2)13-24(18)15-22(3,4)27)21(26)23-17-9-7-8-16(12-17)20-28-10-11-29-20/h7-9,12,18-20,27H,5-6,10-11,13-15H2,1-4H3,(H,23,26)/t18-,19-/m1/s1. The number of aliphatic hydroxyl groups is 1. The van der Waals surface area contributed by atoms with Crippen LogP contribution in [0.25, 0.3) is 0 Å². The summed E-state index contributed by atoms with van der Waals surface area (Å²) in [7, 11) is 0. The van der Waals surface area contributed by atoms with Gasteiger partial charge in [0.2, 0.25) is 0 Å². The number of urea groups is 1. The number of benzene rings is 1. The molecule has 0 saturated carbocycles. The molecule has 2 aliphatic rings. The average molecular weight is 438 g/mol. The summed E-state index contributed by atoms with van der Waals surface area (Å²) in [6.07, 6.45) is 1.86. The molecule has 1 aromatic rings. The minimum atomic E-state index is -0.729. The first kappa shape index (κ1) is 22.8. The van der Waals surface area contributed by atoms with E-state index in [0.29, 0.717) is 17.7 Å². The molecule has 2 fully saturated rings. The Morgan fingerprint density at radius 2 is 1.86 bits per heavy atom. The predicted molar refractivity (Wildman–Crippen MR) is 126 cm³/mol. The van der Waals surface area contributed by atoms with Crippen molar-refractivity contribution in [1.82, 2.24) is 9.80 Å². The minimum Gasteiger partial charge on any atom is -0.389 e. The number of nitrogens with zero attached hydrogens (tertiary/aromatic N) is 2. The number of carbonyl (C=O) groups excluding carboxylic acids is 1. The monoisotopic (exact) mass is 437 g/mol. The number of carbonyl (C=O) groups is 1. The van der Waals surface area contributed by atoms with Gasteiger partial charge < -0.3 is 15.3 Å². The second-order valence-corrected chi connectivity index (χ2v) is 11.4. The van der Waals surface area contributed by atoms with Crippen LogP contribution < -0.4 is 5.32 Å². The Bertz CT molecular complexity index is 689. The lowest BCUT2D eigenvalue weighted by Gasteiger charge is -2.47. The van der Waals surface area contributed by atoms with Gasteiger partial charge in [0.05, 0.1) is 10.2 Å². The highest BCUT2D eigenvalue weighted by Crippen LogP contribution is 2.45. The van der Waals surface area contributed by atoms with Crippen molar-refractivity contribution in [3.05, 3.63) is 29.8 Å². The highest BCUT2D eigenvalue weighted by atomic mass is 32.2. The summed E-state index contributed by atoms with van der Waals surface area (Å²) in [5.41, 5.74) is 1.43. The summed E-state index contributed by atoms with van der Waals surface area (Å²) in [5.74, 6) is 2.38. The van der Waals surface area contributed by atoms with Gasteiger partial charge in [-0.2, -0.15) is 0 Å². The minimum absolute atomic E-state index is 0.0120. The lowest BCUT2D eigenvalue weighted by atomic mass is 10.00. The van der Waals surface area contributed by atoms with Crippen LogP contribution in [0.15, 0.2) is 24.3 Å². The second-order valence-electron chi connectivity index (χ2n) is 8.65. The topological polar surface area (TPSA) is 55.8 Å². The normalized spacial score (nSPS) is 24.1. The van der Waals surface area contributed by atoms with Crippen molar-refractivity contribution in [3.8, 4) is 0 Å². The SMILES string of the molecule is CC[C@@H]1CN(C(=O)Nc2cccc(C3SCCS3)c2)[C@H](CC)CN1CC(C)(C)O. The lowest BCUT2D eigenvalue weighted by Crippen LogP contribution is -2.62. The third-order valence-electron chi connectivity index (χ3n) is 5.64. The van der Waals surface area contributed by atoms with E-state index in [0.717, 1.165) is 25.1 Å². The Morgan fingerprint density at radius 3 is 2.48 bits per heavy atom. The van der Waals surface area contributed by atoms with Gasteiger partial charge in [-0.3, -0.25) is 4.90 Å². The number of anilines is 1. The van der Waals surface area contributed by atoms with E-state index in [1.54, 1.807) is 0 Å². The Morgan fingerprint density at radius 1 is 1.17 bits per heavy atom. The fraction of sp³-hybridized carbons (Fsp3) is 0.682. The van der Waals surface area contributed by atoms with Crippen molar-refractivity contribution in [1.29, 1.82) is 0 Å². The van der Waals surface area contributed by atoms with Crippen molar-refractivity contribution in [2.24, 2.45) is 0 Å². The van der Waals surface area contributed by atoms with E-state index in [4.69, 9.17) is 0 Å². The maximum absolute atomic E-state index is 13.2. The second kappa shape index (κ2) is 9.94. The van der Waals surface area contributed by atoms with E-state index in [1.165, 1.54) is 17.1 Å². The van der Waals surface area contributed by atoms with Crippen LogP contribution >= 0.6 is 23.5 Å². The lowest BCUT2D eigenvalue weighted by molar-refractivity contribution is -0.0173. The summed E-state index contributed by atoms with van der Waals surface area (Å²) >= 11 is 3.95. The van der Waals surface area contributed by atoms with Gasteiger partial charge in [-0.15, -0.1) is 23.5 Å². The molecule has 2 atom stereocenters. The molecule has 2 heterocycles. The fourth-order valence-corrected chi connectivity index (χ4v) is 7.03. The quantitative estimate of drug-likeness (QED) is 0.679. The molecule has 1 aromatic carbocycles. The zero-order valence-electron chi connectivity index (χ0n) is 18.1. The van der Waals surface area contributed by atoms with Gasteiger partial charge in [-0.1, -0.05) is 26.0 Å². The molecular weight excluding hydrogens is 402 g/mol. The summed E-state index contributed by atoms with van der Waals surface area (Å²) in [6, 6.07) is 8.71. The van der Waals surface area contributed by atoms with Crippen LogP contribution in [0.3, 0.4) is 0 Å². The molecule has 2 aliphatic heterocycles. The van der Waals surface area contributed by atoms with Gasteiger partial charge in [-0.25, -0.2) is 4.79 Å². The van der Waals surface area contributed by atoms with Gasteiger partial charge in [0.1, 0.15) is 0 Å². The predicted octanol–water partition coefficient (Wildman–Crippen LogP) is 4.64. The summed E-state index contributed by atoms with van der Waals surface area (Å²) in [4.78, 5) is 17.5. The fourth-order valence-electron chi connectivity index (χ4n) is 4.20. The number of thioether (sulfide) groups is 2. The molecule has 2 saturated heterocycles. The van der Waals surface area contributed by atoms with Crippen LogP contribution in [0.1, 0.15) is 50.7 Å². The van der Waals surface area contributed by atoms with Gasteiger partial charge in [-0.05, 0) is 44.4 Å². The zero-order chi connectivity index (χ0) is 21.0. The van der Waals surface area contributed by atoms with Gasteiger partial charge in [0.15, 0.2) is 0 Å². The number of nitrogens with one attached hydrogen (secondary N) is 1. The first-order chi connectivity index (χ1) is 13.8. The highest BCUT2D eigenvalue weighted by molar-refractivity contribution is 8.19. The average Bonchev–Trinajstić information content (AvgIpc) is 3.21. The van der Waals surface area contributed by atoms with Crippen LogP contribution in [-0.4, -0.2) is 69.8 Å². The van der Waals surface area contributed by atoms with Crippen LogP contribution in [0.5, 0.6) is 0 Å². The van der Waals surface area contributed by atoms with Crippen LogP contribution in [0.2, 0.25) is 0 Å². The molecule has 0 bridgehead atoms. The third kappa shape index (κ3) is 6.06. The molecule has 0 aliphatic carbocycles. The smallest absolute Gasteiger partial charge is 0.322 e. The molecule has 0 radical (unpaired) electrons. The van der Waals surface area contributed by atoms with Crippen molar-refractivity contribution >= 4 is 35.2 Å². The van der Waals surface area contributed by atoms with Gasteiger partial charge in [0.25, 0.3) is 0 Å². The molecule has 3 rings (SSSR count). The van der Waals surface area contributed by atoms with E-state index >= 15 is 0 Å². The van der Waals surface area contributed by atoms with Gasteiger partial charge >= 0.3 is 6.03 Å². The van der Waals surface area contributed by atoms with Crippen molar-refractivity contribution in [2.45, 2.75) is 62.8 Å². The van der Waals surface area contributed by atoms with E-state index in [2.05, 4.69) is 36.2 Å². The first-order valence-electron chi connectivity index (χ1n) is 10.7.